The van der Waals surface area contributed by atoms with Gasteiger partial charge in [0.2, 0.25) is 0 Å². The van der Waals surface area contributed by atoms with Crippen LogP contribution in [0.2, 0.25) is 0 Å². The Bertz CT molecular complexity index is 929. The second-order valence-electron chi connectivity index (χ2n) is 5.48. The van der Waals surface area contributed by atoms with Crippen LogP contribution in [0.25, 0.3) is 0 Å². The van der Waals surface area contributed by atoms with Gasteiger partial charge >= 0.3 is 5.97 Å². The Morgan fingerprint density at radius 2 is 1.67 bits per heavy atom. The van der Waals surface area contributed by atoms with Gasteiger partial charge in [0.15, 0.2) is 6.73 Å². The van der Waals surface area contributed by atoms with Gasteiger partial charge < -0.3 is 4.74 Å². The van der Waals surface area contributed by atoms with Gasteiger partial charge in [-0.3, -0.25) is 4.79 Å². The molecule has 0 fully saturated rings. The van der Waals surface area contributed by atoms with Gasteiger partial charge in [-0.05, 0) is 37.1 Å². The Kier molecular flexibility index (Phi) is 3.88. The molecule has 1 heterocycles. The number of hydrogen-bond acceptors (Lipinski definition) is 5. The quantitative estimate of drug-likeness (QED) is 0.797. The molecule has 0 saturated carbocycles. The van der Waals surface area contributed by atoms with E-state index < -0.39 is 28.6 Å². The number of amides is 1. The number of sulfonamides is 1. The first-order valence-electron chi connectivity index (χ1n) is 7.23. The van der Waals surface area contributed by atoms with Gasteiger partial charge in [-0.2, -0.15) is 4.31 Å². The van der Waals surface area contributed by atoms with E-state index in [0.717, 1.165) is 11.1 Å². The van der Waals surface area contributed by atoms with Crippen molar-refractivity contribution in [2.75, 3.05) is 6.73 Å². The first-order chi connectivity index (χ1) is 11.3. The molecule has 0 atom stereocenters. The van der Waals surface area contributed by atoms with Gasteiger partial charge in [0.25, 0.3) is 15.9 Å². The first kappa shape index (κ1) is 16.2. The fourth-order valence-electron chi connectivity index (χ4n) is 2.68. The number of carbonyl (C=O) groups excluding carboxylic acids is 2. The lowest BCUT2D eigenvalue weighted by molar-refractivity contribution is 0.0356. The Morgan fingerprint density at radius 3 is 2.29 bits per heavy atom. The highest BCUT2D eigenvalue weighted by Crippen LogP contribution is 2.29. The highest BCUT2D eigenvalue weighted by molar-refractivity contribution is 7.90. The van der Waals surface area contributed by atoms with Crippen LogP contribution in [0.5, 0.6) is 0 Å². The molecule has 0 unspecified atom stereocenters. The molecule has 124 valence electrons. The predicted octanol–water partition coefficient (Wildman–Crippen LogP) is 2.26. The normalized spacial score (nSPS) is 15.2. The number of nitrogens with zero attached hydrogens (tertiary/aromatic N) is 1. The highest BCUT2D eigenvalue weighted by Gasteiger charge is 2.41. The van der Waals surface area contributed by atoms with E-state index in [1.165, 1.54) is 18.2 Å². The van der Waals surface area contributed by atoms with E-state index >= 15 is 0 Å². The van der Waals surface area contributed by atoms with Crippen molar-refractivity contribution in [2.24, 2.45) is 0 Å². The average molecular weight is 345 g/mol. The lowest BCUT2D eigenvalue weighted by atomic mass is 10.0. The summed E-state index contributed by atoms with van der Waals surface area (Å²) >= 11 is 0. The molecule has 0 radical (unpaired) electrons. The van der Waals surface area contributed by atoms with Gasteiger partial charge in [0.05, 0.1) is 11.1 Å². The standard InChI is InChI=1S/C17H15NO5S/c1-11-6-5-7-12(2)15(11)17(20)23-10-18-16(19)13-8-3-4-9-14(13)24(18,21)22/h3-9H,10H2,1-2H3. The summed E-state index contributed by atoms with van der Waals surface area (Å²) in [6.07, 6.45) is 0. The van der Waals surface area contributed by atoms with Gasteiger partial charge in [-0.25, -0.2) is 13.2 Å². The molecule has 1 aliphatic heterocycles. The minimum absolute atomic E-state index is 0.0712. The Hall–Kier alpha value is -2.67. The summed E-state index contributed by atoms with van der Waals surface area (Å²) in [6.45, 7) is 2.87. The third-order valence-corrected chi connectivity index (χ3v) is 5.67. The monoisotopic (exact) mass is 345 g/mol. The third kappa shape index (κ3) is 2.46. The molecule has 1 aliphatic rings. The number of aryl methyl sites for hydroxylation is 2. The van der Waals surface area contributed by atoms with Crippen LogP contribution in [0.4, 0.5) is 0 Å². The summed E-state index contributed by atoms with van der Waals surface area (Å²) in [7, 11) is -3.99. The number of esters is 1. The van der Waals surface area contributed by atoms with Crippen molar-refractivity contribution in [2.45, 2.75) is 18.7 Å². The SMILES string of the molecule is Cc1cccc(C)c1C(=O)OCN1C(=O)c2ccccc2S1(=O)=O. The van der Waals surface area contributed by atoms with E-state index in [2.05, 4.69) is 0 Å². The molecule has 2 aromatic carbocycles. The fraction of sp³-hybridized carbons (Fsp3) is 0.176. The maximum atomic E-state index is 12.4. The Balaban J connectivity index is 1.84. The zero-order chi connectivity index (χ0) is 17.5. The smallest absolute Gasteiger partial charge is 0.340 e. The number of ether oxygens (including phenoxy) is 1. The van der Waals surface area contributed by atoms with Crippen molar-refractivity contribution < 1.29 is 22.7 Å². The molecule has 0 bridgehead atoms. The predicted molar refractivity (Wildman–Crippen MR) is 86.0 cm³/mol. The topological polar surface area (TPSA) is 80.8 Å². The molecule has 0 aromatic heterocycles. The van der Waals surface area contributed by atoms with E-state index in [1.54, 1.807) is 32.0 Å². The van der Waals surface area contributed by atoms with Crippen LogP contribution in [-0.4, -0.2) is 31.3 Å². The molecule has 7 heteroatoms. The molecule has 3 rings (SSSR count). The van der Waals surface area contributed by atoms with Crippen LogP contribution in [0, 0.1) is 13.8 Å². The van der Waals surface area contributed by atoms with E-state index in [4.69, 9.17) is 4.74 Å². The number of hydrogen-bond donors (Lipinski definition) is 0. The number of rotatable bonds is 3. The van der Waals surface area contributed by atoms with Crippen LogP contribution in [-0.2, 0) is 14.8 Å². The number of benzene rings is 2. The first-order valence-corrected chi connectivity index (χ1v) is 8.67. The number of fused-ring (bicyclic) bond motifs is 1. The molecular weight excluding hydrogens is 330 g/mol. The average Bonchev–Trinajstić information content (AvgIpc) is 2.73. The summed E-state index contributed by atoms with van der Waals surface area (Å²) < 4.78 is 30.5. The Labute approximate surface area is 139 Å². The van der Waals surface area contributed by atoms with Gasteiger partial charge in [0, 0.05) is 0 Å². The van der Waals surface area contributed by atoms with Crippen molar-refractivity contribution in [3.63, 3.8) is 0 Å². The fourth-order valence-corrected chi connectivity index (χ4v) is 4.11. The van der Waals surface area contributed by atoms with E-state index in [-0.39, 0.29) is 10.5 Å². The molecule has 0 N–H and O–H groups in total. The van der Waals surface area contributed by atoms with E-state index in [0.29, 0.717) is 9.87 Å². The summed E-state index contributed by atoms with van der Waals surface area (Å²) in [5, 5.41) is 0. The lowest BCUT2D eigenvalue weighted by Crippen LogP contribution is -2.33. The van der Waals surface area contributed by atoms with Crippen LogP contribution < -0.4 is 0 Å². The van der Waals surface area contributed by atoms with Gasteiger partial charge in [-0.1, -0.05) is 30.3 Å². The van der Waals surface area contributed by atoms with E-state index in [9.17, 15) is 18.0 Å². The minimum atomic E-state index is -3.99. The molecule has 0 aliphatic carbocycles. The van der Waals surface area contributed by atoms with E-state index in [1.807, 2.05) is 6.07 Å². The van der Waals surface area contributed by atoms with Crippen LogP contribution in [0.15, 0.2) is 47.4 Å². The van der Waals surface area contributed by atoms with Crippen molar-refractivity contribution >= 4 is 21.9 Å². The van der Waals surface area contributed by atoms with Crippen molar-refractivity contribution in [1.82, 2.24) is 4.31 Å². The van der Waals surface area contributed by atoms with Crippen LogP contribution in [0.1, 0.15) is 31.8 Å². The van der Waals surface area contributed by atoms with Crippen molar-refractivity contribution in [3.8, 4) is 0 Å². The second-order valence-corrected chi connectivity index (χ2v) is 7.31. The van der Waals surface area contributed by atoms with Crippen LogP contribution >= 0.6 is 0 Å². The van der Waals surface area contributed by atoms with Gasteiger partial charge in [0.1, 0.15) is 4.90 Å². The maximum Gasteiger partial charge on any atom is 0.340 e. The lowest BCUT2D eigenvalue weighted by Gasteiger charge is -2.16. The molecule has 0 saturated heterocycles. The summed E-state index contributed by atoms with van der Waals surface area (Å²) in [6, 6.07) is 11.2. The summed E-state index contributed by atoms with van der Waals surface area (Å²) in [5.74, 6) is -1.36. The molecule has 2 aromatic rings. The van der Waals surface area contributed by atoms with Crippen LogP contribution in [0.3, 0.4) is 0 Å². The minimum Gasteiger partial charge on any atom is -0.439 e. The summed E-state index contributed by atoms with van der Waals surface area (Å²) in [5.41, 5.74) is 1.90. The van der Waals surface area contributed by atoms with Crippen molar-refractivity contribution in [1.29, 1.82) is 0 Å². The maximum absolute atomic E-state index is 12.4. The largest absolute Gasteiger partial charge is 0.439 e. The third-order valence-electron chi connectivity index (χ3n) is 3.91. The molecule has 24 heavy (non-hydrogen) atoms. The highest BCUT2D eigenvalue weighted by atomic mass is 32.2. The van der Waals surface area contributed by atoms with Crippen molar-refractivity contribution in [3.05, 3.63) is 64.7 Å². The molecule has 1 amide bonds. The molecule has 0 spiro atoms. The zero-order valence-electron chi connectivity index (χ0n) is 13.1. The number of carbonyl (C=O) groups is 2. The zero-order valence-corrected chi connectivity index (χ0v) is 14.0. The van der Waals surface area contributed by atoms with Gasteiger partial charge in [-0.15, -0.1) is 0 Å². The summed E-state index contributed by atoms with van der Waals surface area (Å²) in [4.78, 5) is 24.5. The second kappa shape index (κ2) is 5.76. The Morgan fingerprint density at radius 1 is 1.04 bits per heavy atom. The molecular formula is C17H15NO5S. The molecule has 6 nitrogen and oxygen atoms in total.